The number of phenolic OH excluding ortho intramolecular Hbond substituents is 1. The van der Waals surface area contributed by atoms with Crippen LogP contribution < -0.4 is 0 Å². The summed E-state index contributed by atoms with van der Waals surface area (Å²) >= 11 is 0.999. The number of hydrogen-bond acceptors (Lipinski definition) is 4. The zero-order valence-corrected chi connectivity index (χ0v) is 10.1. The summed E-state index contributed by atoms with van der Waals surface area (Å²) in [6, 6.07) is 2.44. The van der Waals surface area contributed by atoms with E-state index in [4.69, 9.17) is 10.7 Å². The van der Waals surface area contributed by atoms with Crippen LogP contribution >= 0.6 is 22.4 Å². The SMILES string of the molecule is CSc1c(O)ccc(CS(=O)(=O)Cl)c1F. The first-order valence-corrected chi connectivity index (χ1v) is 7.52. The van der Waals surface area contributed by atoms with E-state index < -0.39 is 20.6 Å². The second-order valence-electron chi connectivity index (χ2n) is 2.77. The van der Waals surface area contributed by atoms with Crippen LogP contribution in [0.25, 0.3) is 0 Å². The van der Waals surface area contributed by atoms with Crippen LogP contribution in [-0.4, -0.2) is 19.8 Å². The van der Waals surface area contributed by atoms with Crippen molar-refractivity contribution in [3.05, 3.63) is 23.5 Å². The van der Waals surface area contributed by atoms with Gasteiger partial charge in [-0.2, -0.15) is 0 Å². The highest BCUT2D eigenvalue weighted by atomic mass is 35.7. The molecule has 3 nitrogen and oxygen atoms in total. The maximum Gasteiger partial charge on any atom is 0.236 e. The summed E-state index contributed by atoms with van der Waals surface area (Å²) in [5.41, 5.74) is -0.0489. The van der Waals surface area contributed by atoms with Crippen LogP contribution in [0.2, 0.25) is 0 Å². The Morgan fingerprint density at radius 2 is 2.13 bits per heavy atom. The van der Waals surface area contributed by atoms with Crippen molar-refractivity contribution in [1.82, 2.24) is 0 Å². The Bertz CT molecular complexity index is 473. The molecule has 0 aliphatic carbocycles. The number of phenols is 1. The number of aromatic hydroxyl groups is 1. The van der Waals surface area contributed by atoms with Gasteiger partial charge in [0.15, 0.2) is 0 Å². The molecule has 0 radical (unpaired) electrons. The van der Waals surface area contributed by atoms with Gasteiger partial charge >= 0.3 is 0 Å². The van der Waals surface area contributed by atoms with Gasteiger partial charge in [0.25, 0.3) is 0 Å². The molecule has 0 aliphatic heterocycles. The van der Waals surface area contributed by atoms with E-state index in [1.165, 1.54) is 12.1 Å². The molecule has 0 aromatic heterocycles. The smallest absolute Gasteiger partial charge is 0.236 e. The van der Waals surface area contributed by atoms with E-state index in [1.54, 1.807) is 6.26 Å². The average Bonchev–Trinajstić information content (AvgIpc) is 2.09. The first kappa shape index (κ1) is 12.6. The lowest BCUT2D eigenvalue weighted by molar-refractivity contribution is 0.448. The highest BCUT2D eigenvalue weighted by molar-refractivity contribution is 8.13. The second kappa shape index (κ2) is 4.59. The molecule has 1 aromatic carbocycles. The van der Waals surface area contributed by atoms with Crippen LogP contribution in [-0.2, 0) is 14.8 Å². The van der Waals surface area contributed by atoms with Gasteiger partial charge in [0.1, 0.15) is 11.6 Å². The molecule has 0 saturated carbocycles. The van der Waals surface area contributed by atoms with Crippen molar-refractivity contribution in [3.63, 3.8) is 0 Å². The average molecular weight is 271 g/mol. The molecule has 0 unspecified atom stereocenters. The Kier molecular flexibility index (Phi) is 3.86. The molecule has 1 N–H and O–H groups in total. The molecule has 0 atom stereocenters. The minimum atomic E-state index is -3.80. The number of rotatable bonds is 3. The van der Waals surface area contributed by atoms with E-state index in [2.05, 4.69) is 0 Å². The van der Waals surface area contributed by atoms with Gasteiger partial charge in [0, 0.05) is 16.2 Å². The molecular formula is C8H8ClFO3S2. The Morgan fingerprint density at radius 3 is 2.60 bits per heavy atom. The van der Waals surface area contributed by atoms with Crippen molar-refractivity contribution in [1.29, 1.82) is 0 Å². The van der Waals surface area contributed by atoms with Crippen molar-refractivity contribution >= 4 is 31.5 Å². The van der Waals surface area contributed by atoms with E-state index in [1.807, 2.05) is 0 Å². The van der Waals surface area contributed by atoms with Crippen LogP contribution in [0.4, 0.5) is 4.39 Å². The predicted octanol–water partition coefficient (Wildman–Crippen LogP) is 2.32. The normalized spacial score (nSPS) is 11.7. The summed E-state index contributed by atoms with van der Waals surface area (Å²) < 4.78 is 35.1. The fourth-order valence-electron chi connectivity index (χ4n) is 1.08. The monoisotopic (exact) mass is 270 g/mol. The first-order valence-electron chi connectivity index (χ1n) is 3.82. The fourth-order valence-corrected chi connectivity index (χ4v) is 2.61. The zero-order chi connectivity index (χ0) is 11.6. The molecule has 0 fully saturated rings. The number of halogens is 2. The van der Waals surface area contributed by atoms with Crippen molar-refractivity contribution in [2.75, 3.05) is 6.26 Å². The standard InChI is InChI=1S/C8H8ClFO3S2/c1-14-8-6(11)3-2-5(7(8)10)4-15(9,12)13/h2-3,11H,4H2,1H3. The molecule has 0 heterocycles. The Balaban J connectivity index is 3.22. The van der Waals surface area contributed by atoms with Crippen LogP contribution in [0.15, 0.2) is 17.0 Å². The number of benzene rings is 1. The zero-order valence-electron chi connectivity index (χ0n) is 7.70. The van der Waals surface area contributed by atoms with Crippen LogP contribution in [0, 0.1) is 5.82 Å². The summed E-state index contributed by atoms with van der Waals surface area (Å²) in [6.07, 6.45) is 1.58. The summed E-state index contributed by atoms with van der Waals surface area (Å²) in [4.78, 5) is 0.0211. The van der Waals surface area contributed by atoms with Gasteiger partial charge in [-0.25, -0.2) is 12.8 Å². The second-order valence-corrected chi connectivity index (χ2v) is 6.37. The Morgan fingerprint density at radius 1 is 1.53 bits per heavy atom. The first-order chi connectivity index (χ1) is 6.85. The molecule has 1 aromatic rings. The number of hydrogen-bond donors (Lipinski definition) is 1. The molecular weight excluding hydrogens is 263 g/mol. The van der Waals surface area contributed by atoms with Crippen molar-refractivity contribution in [2.45, 2.75) is 10.6 Å². The van der Waals surface area contributed by atoms with Gasteiger partial charge in [0.2, 0.25) is 9.05 Å². The lowest BCUT2D eigenvalue weighted by Crippen LogP contribution is -1.99. The molecule has 15 heavy (non-hydrogen) atoms. The van der Waals surface area contributed by atoms with E-state index in [-0.39, 0.29) is 16.2 Å². The summed E-state index contributed by atoms with van der Waals surface area (Å²) in [5.74, 6) is -1.55. The molecule has 0 bridgehead atoms. The third-order valence-corrected chi connectivity index (χ3v) is 3.47. The highest BCUT2D eigenvalue weighted by Crippen LogP contribution is 2.32. The van der Waals surface area contributed by atoms with Gasteiger partial charge in [-0.3, -0.25) is 0 Å². The van der Waals surface area contributed by atoms with Gasteiger partial charge in [-0.1, -0.05) is 6.07 Å². The fraction of sp³-hybridized carbons (Fsp3) is 0.250. The minimum absolute atomic E-state index is 0.0211. The van der Waals surface area contributed by atoms with Crippen molar-refractivity contribution < 1.29 is 17.9 Å². The molecule has 7 heteroatoms. The number of thioether (sulfide) groups is 1. The minimum Gasteiger partial charge on any atom is -0.507 e. The van der Waals surface area contributed by atoms with Crippen molar-refractivity contribution in [3.8, 4) is 5.75 Å². The van der Waals surface area contributed by atoms with Crippen LogP contribution in [0.1, 0.15) is 5.56 Å². The molecule has 84 valence electrons. The maximum atomic E-state index is 13.6. The lowest BCUT2D eigenvalue weighted by atomic mass is 10.2. The van der Waals surface area contributed by atoms with Crippen molar-refractivity contribution in [2.24, 2.45) is 0 Å². The predicted molar refractivity (Wildman–Crippen MR) is 58.3 cm³/mol. The molecule has 1 rings (SSSR count). The van der Waals surface area contributed by atoms with E-state index in [0.29, 0.717) is 0 Å². The Hall–Kier alpha value is -0.460. The topological polar surface area (TPSA) is 54.4 Å². The van der Waals surface area contributed by atoms with Crippen LogP contribution in [0.5, 0.6) is 5.75 Å². The molecule has 0 aliphatic rings. The summed E-state index contributed by atoms with van der Waals surface area (Å²) in [6.45, 7) is 0. The maximum absolute atomic E-state index is 13.6. The lowest BCUT2D eigenvalue weighted by Gasteiger charge is -2.06. The van der Waals surface area contributed by atoms with E-state index >= 15 is 0 Å². The summed E-state index contributed by atoms with van der Waals surface area (Å²) in [5, 5.41) is 9.27. The molecule has 0 amide bonds. The van der Waals surface area contributed by atoms with Gasteiger partial charge in [-0.05, 0) is 12.3 Å². The summed E-state index contributed by atoms with van der Waals surface area (Å²) in [7, 11) is 1.22. The molecule has 0 saturated heterocycles. The van der Waals surface area contributed by atoms with Gasteiger partial charge in [0.05, 0.1) is 10.6 Å². The van der Waals surface area contributed by atoms with E-state index in [0.717, 1.165) is 11.8 Å². The highest BCUT2D eigenvalue weighted by Gasteiger charge is 2.16. The van der Waals surface area contributed by atoms with Gasteiger partial charge < -0.3 is 5.11 Å². The third-order valence-electron chi connectivity index (χ3n) is 1.69. The van der Waals surface area contributed by atoms with E-state index in [9.17, 15) is 17.9 Å². The molecule has 0 spiro atoms. The van der Waals surface area contributed by atoms with Gasteiger partial charge in [-0.15, -0.1) is 11.8 Å². The Labute approximate surface area is 95.7 Å². The quantitative estimate of drug-likeness (QED) is 0.677. The van der Waals surface area contributed by atoms with Crippen LogP contribution in [0.3, 0.4) is 0 Å². The third kappa shape index (κ3) is 3.25. The largest absolute Gasteiger partial charge is 0.507 e.